The summed E-state index contributed by atoms with van der Waals surface area (Å²) in [6.07, 6.45) is 3.18. The van der Waals surface area contributed by atoms with Gasteiger partial charge in [-0.1, -0.05) is 12.1 Å². The van der Waals surface area contributed by atoms with Crippen LogP contribution in [0.4, 0.5) is 5.69 Å². The summed E-state index contributed by atoms with van der Waals surface area (Å²) < 4.78 is 6.73. The van der Waals surface area contributed by atoms with Gasteiger partial charge in [-0.05, 0) is 24.3 Å². The SMILES string of the molecule is C=CCN1C(=O)COc2ccc(C(=O)Cn3ccccc3=O)cc21. The summed E-state index contributed by atoms with van der Waals surface area (Å²) >= 11 is 0. The van der Waals surface area contributed by atoms with Crippen LogP contribution in [-0.4, -0.2) is 29.4 Å². The minimum Gasteiger partial charge on any atom is -0.482 e. The highest BCUT2D eigenvalue weighted by Crippen LogP contribution is 2.33. The number of Topliss-reactive ketones (excluding diaryl/α,β-unsaturated/α-hetero) is 1. The van der Waals surface area contributed by atoms with Gasteiger partial charge in [0.2, 0.25) is 0 Å². The van der Waals surface area contributed by atoms with Crippen LogP contribution in [-0.2, 0) is 11.3 Å². The summed E-state index contributed by atoms with van der Waals surface area (Å²) in [6.45, 7) is 3.89. The van der Waals surface area contributed by atoms with Crippen LogP contribution < -0.4 is 15.2 Å². The molecule has 0 atom stereocenters. The predicted octanol–water partition coefficient (Wildman–Crippen LogP) is 1.64. The average Bonchev–Trinajstić information content (AvgIpc) is 2.59. The number of amides is 1. The fourth-order valence-corrected chi connectivity index (χ4v) is 2.54. The van der Waals surface area contributed by atoms with Crippen molar-refractivity contribution in [2.75, 3.05) is 18.1 Å². The second-order valence-corrected chi connectivity index (χ2v) is 5.35. The van der Waals surface area contributed by atoms with Crippen LogP contribution >= 0.6 is 0 Å². The summed E-state index contributed by atoms with van der Waals surface area (Å²) in [4.78, 5) is 37.7. The maximum absolute atomic E-state index is 12.5. The Morgan fingerprint density at radius 1 is 1.25 bits per heavy atom. The zero-order valence-electron chi connectivity index (χ0n) is 13.0. The number of aromatic nitrogens is 1. The number of ketones is 1. The van der Waals surface area contributed by atoms with Gasteiger partial charge in [0.05, 0.1) is 12.2 Å². The summed E-state index contributed by atoms with van der Waals surface area (Å²) in [7, 11) is 0. The van der Waals surface area contributed by atoms with E-state index >= 15 is 0 Å². The standard InChI is InChI=1S/C18H16N2O4/c1-2-8-20-14-10-13(6-7-16(14)24-12-18(20)23)15(21)11-19-9-4-3-5-17(19)22/h2-7,9-10H,1,8,11-12H2. The molecule has 122 valence electrons. The fraction of sp³-hybridized carbons (Fsp3) is 0.167. The first-order valence-corrected chi connectivity index (χ1v) is 7.47. The quantitative estimate of drug-likeness (QED) is 0.619. The third-order valence-electron chi connectivity index (χ3n) is 3.75. The molecule has 0 bridgehead atoms. The van der Waals surface area contributed by atoms with Crippen LogP contribution in [0.1, 0.15) is 10.4 Å². The number of rotatable bonds is 5. The lowest BCUT2D eigenvalue weighted by molar-refractivity contribution is -0.121. The molecule has 24 heavy (non-hydrogen) atoms. The Morgan fingerprint density at radius 2 is 2.08 bits per heavy atom. The Morgan fingerprint density at radius 3 is 2.83 bits per heavy atom. The van der Waals surface area contributed by atoms with Gasteiger partial charge < -0.3 is 14.2 Å². The Labute approximate surface area is 138 Å². The van der Waals surface area contributed by atoms with Gasteiger partial charge in [0.15, 0.2) is 12.4 Å². The molecule has 2 aromatic rings. The lowest BCUT2D eigenvalue weighted by atomic mass is 10.1. The van der Waals surface area contributed by atoms with Gasteiger partial charge in [-0.2, -0.15) is 0 Å². The van der Waals surface area contributed by atoms with E-state index in [1.54, 1.807) is 42.6 Å². The van der Waals surface area contributed by atoms with Crippen LogP contribution in [0.2, 0.25) is 0 Å². The van der Waals surface area contributed by atoms with Crippen molar-refractivity contribution in [2.45, 2.75) is 6.54 Å². The van der Waals surface area contributed by atoms with Gasteiger partial charge in [0.1, 0.15) is 5.75 Å². The number of carbonyl (C=O) groups excluding carboxylic acids is 2. The molecule has 6 heteroatoms. The Balaban J connectivity index is 1.91. The van der Waals surface area contributed by atoms with Crippen molar-refractivity contribution in [3.05, 3.63) is 71.2 Å². The number of fused-ring (bicyclic) bond motifs is 1. The first-order chi connectivity index (χ1) is 11.6. The van der Waals surface area contributed by atoms with E-state index in [0.717, 1.165) is 0 Å². The van der Waals surface area contributed by atoms with E-state index in [9.17, 15) is 14.4 Å². The minimum atomic E-state index is -0.240. The van der Waals surface area contributed by atoms with Gasteiger partial charge >= 0.3 is 0 Å². The van der Waals surface area contributed by atoms with Gasteiger partial charge in [-0.25, -0.2) is 0 Å². The smallest absolute Gasteiger partial charge is 0.265 e. The maximum Gasteiger partial charge on any atom is 0.265 e. The third kappa shape index (κ3) is 2.99. The topological polar surface area (TPSA) is 68.6 Å². The van der Waals surface area contributed by atoms with E-state index in [-0.39, 0.29) is 30.4 Å². The normalized spacial score (nSPS) is 13.2. The zero-order chi connectivity index (χ0) is 17.1. The molecule has 0 spiro atoms. The molecular weight excluding hydrogens is 308 g/mol. The third-order valence-corrected chi connectivity index (χ3v) is 3.75. The van der Waals surface area contributed by atoms with E-state index in [0.29, 0.717) is 23.5 Å². The van der Waals surface area contributed by atoms with Crippen LogP contribution in [0.3, 0.4) is 0 Å². The Kier molecular flexibility index (Phi) is 4.29. The predicted molar refractivity (Wildman–Crippen MR) is 89.5 cm³/mol. The second-order valence-electron chi connectivity index (χ2n) is 5.35. The molecule has 1 amide bonds. The van der Waals surface area contributed by atoms with E-state index in [2.05, 4.69) is 6.58 Å². The van der Waals surface area contributed by atoms with E-state index in [1.807, 2.05) is 0 Å². The molecule has 2 heterocycles. The lowest BCUT2D eigenvalue weighted by Gasteiger charge is -2.28. The monoisotopic (exact) mass is 324 g/mol. The van der Waals surface area contributed by atoms with E-state index in [1.165, 1.54) is 15.5 Å². The summed E-state index contributed by atoms with van der Waals surface area (Å²) in [6, 6.07) is 9.64. The van der Waals surface area contributed by atoms with Gasteiger partial charge in [0.25, 0.3) is 11.5 Å². The van der Waals surface area contributed by atoms with Crippen LogP contribution in [0.5, 0.6) is 5.75 Å². The number of benzene rings is 1. The zero-order valence-corrected chi connectivity index (χ0v) is 13.0. The average molecular weight is 324 g/mol. The molecule has 0 aliphatic carbocycles. The fourth-order valence-electron chi connectivity index (χ4n) is 2.54. The number of nitrogens with zero attached hydrogens (tertiary/aromatic N) is 2. The van der Waals surface area contributed by atoms with E-state index < -0.39 is 0 Å². The summed E-state index contributed by atoms with van der Waals surface area (Å²) in [5.74, 6) is 0.138. The van der Waals surface area contributed by atoms with Crippen molar-refractivity contribution in [1.82, 2.24) is 4.57 Å². The number of hydrogen-bond donors (Lipinski definition) is 0. The molecule has 1 aliphatic rings. The van der Waals surface area contributed by atoms with Crippen molar-refractivity contribution in [3.63, 3.8) is 0 Å². The lowest BCUT2D eigenvalue weighted by Crippen LogP contribution is -2.39. The largest absolute Gasteiger partial charge is 0.482 e. The highest BCUT2D eigenvalue weighted by molar-refractivity contribution is 6.02. The van der Waals surface area contributed by atoms with Crippen molar-refractivity contribution in [3.8, 4) is 5.75 Å². The molecule has 0 saturated heterocycles. The summed E-state index contributed by atoms with van der Waals surface area (Å²) in [5.41, 5.74) is 0.713. The molecule has 0 unspecified atom stereocenters. The molecule has 1 aromatic heterocycles. The summed E-state index contributed by atoms with van der Waals surface area (Å²) in [5, 5.41) is 0. The number of ether oxygens (including phenoxy) is 1. The van der Waals surface area contributed by atoms with Gasteiger partial charge in [-0.15, -0.1) is 6.58 Å². The first-order valence-electron chi connectivity index (χ1n) is 7.47. The molecule has 0 N–H and O–H groups in total. The van der Waals surface area contributed by atoms with Gasteiger partial charge in [0, 0.05) is 24.4 Å². The van der Waals surface area contributed by atoms with Crippen LogP contribution in [0.25, 0.3) is 0 Å². The number of pyridine rings is 1. The van der Waals surface area contributed by atoms with Crippen molar-refractivity contribution < 1.29 is 14.3 Å². The molecule has 0 radical (unpaired) electrons. The van der Waals surface area contributed by atoms with Gasteiger partial charge in [-0.3, -0.25) is 14.4 Å². The maximum atomic E-state index is 12.5. The molecule has 1 aliphatic heterocycles. The van der Waals surface area contributed by atoms with Crippen LogP contribution in [0.15, 0.2) is 60.0 Å². The molecule has 0 fully saturated rings. The Bertz CT molecular complexity index is 869. The molecule has 6 nitrogen and oxygen atoms in total. The van der Waals surface area contributed by atoms with E-state index in [4.69, 9.17) is 4.74 Å². The van der Waals surface area contributed by atoms with Crippen LogP contribution in [0, 0.1) is 0 Å². The van der Waals surface area contributed by atoms with Crippen molar-refractivity contribution >= 4 is 17.4 Å². The van der Waals surface area contributed by atoms with Crippen molar-refractivity contribution in [1.29, 1.82) is 0 Å². The Hall–Kier alpha value is -3.15. The molecule has 3 rings (SSSR count). The minimum absolute atomic E-state index is 0.0342. The first kappa shape index (κ1) is 15.7. The number of carbonyl (C=O) groups is 2. The number of hydrogen-bond acceptors (Lipinski definition) is 4. The molecule has 0 saturated carbocycles. The molecular formula is C18H16N2O4. The highest BCUT2D eigenvalue weighted by Gasteiger charge is 2.25. The van der Waals surface area contributed by atoms with Crippen molar-refractivity contribution in [2.24, 2.45) is 0 Å². The number of anilines is 1. The highest BCUT2D eigenvalue weighted by atomic mass is 16.5. The molecule has 1 aromatic carbocycles. The second kappa shape index (κ2) is 6.54.